The Morgan fingerprint density at radius 1 is 1.37 bits per heavy atom. The van der Waals surface area contributed by atoms with E-state index in [-0.39, 0.29) is 6.04 Å². The fourth-order valence-electron chi connectivity index (χ4n) is 2.14. The van der Waals surface area contributed by atoms with Crippen LogP contribution in [0.15, 0.2) is 18.5 Å². The van der Waals surface area contributed by atoms with Gasteiger partial charge in [0.05, 0.1) is 18.8 Å². The number of anilines is 1. The maximum Gasteiger partial charge on any atom is 0.159 e. The Kier molecular flexibility index (Phi) is 3.46. The van der Waals surface area contributed by atoms with Gasteiger partial charge in [0.25, 0.3) is 0 Å². The summed E-state index contributed by atoms with van der Waals surface area (Å²) in [7, 11) is 0. The monoisotopic (exact) mass is 280 g/mol. The first-order chi connectivity index (χ1) is 9.25. The van der Waals surface area contributed by atoms with Crippen LogP contribution in [-0.2, 0) is 4.74 Å². The van der Waals surface area contributed by atoms with Gasteiger partial charge in [-0.05, 0) is 12.5 Å². The zero-order valence-electron chi connectivity index (χ0n) is 10.1. The van der Waals surface area contributed by atoms with Gasteiger partial charge in [-0.2, -0.15) is 0 Å². The van der Waals surface area contributed by atoms with Crippen molar-refractivity contribution in [3.8, 4) is 0 Å². The number of halogens is 1. The van der Waals surface area contributed by atoms with E-state index in [0.717, 1.165) is 10.8 Å². The second kappa shape index (κ2) is 5.24. The molecule has 2 aromatic rings. The molecule has 0 saturated carbocycles. The van der Waals surface area contributed by atoms with Crippen LogP contribution in [0, 0.1) is 0 Å². The molecule has 0 radical (unpaired) electrons. The van der Waals surface area contributed by atoms with E-state index >= 15 is 0 Å². The predicted octanol–water partition coefficient (Wildman–Crippen LogP) is 1.24. The zero-order valence-corrected chi connectivity index (χ0v) is 10.8. The summed E-state index contributed by atoms with van der Waals surface area (Å²) in [5.74, 6) is 0.582. The molecule has 2 atom stereocenters. The van der Waals surface area contributed by atoms with E-state index in [2.05, 4.69) is 20.5 Å². The molecule has 1 fully saturated rings. The first kappa shape index (κ1) is 12.5. The summed E-state index contributed by atoms with van der Waals surface area (Å²) in [4.78, 5) is 4.07. The van der Waals surface area contributed by atoms with Crippen molar-refractivity contribution in [3.63, 3.8) is 0 Å². The van der Waals surface area contributed by atoms with Crippen molar-refractivity contribution < 1.29 is 9.84 Å². The molecule has 0 aliphatic carbocycles. The highest BCUT2D eigenvalue weighted by atomic mass is 35.5. The number of hydrogen-bond acceptors (Lipinski definition) is 6. The van der Waals surface area contributed by atoms with Crippen LogP contribution in [0.1, 0.15) is 6.42 Å². The summed E-state index contributed by atoms with van der Waals surface area (Å²) in [5, 5.41) is 23.0. The van der Waals surface area contributed by atoms with Crippen LogP contribution in [-0.4, -0.2) is 45.6 Å². The van der Waals surface area contributed by atoms with Gasteiger partial charge in [0, 0.05) is 29.8 Å². The van der Waals surface area contributed by atoms with Gasteiger partial charge in [0.1, 0.15) is 0 Å². The number of ether oxygens (including phenoxy) is 1. The molecule has 0 spiro atoms. The molecule has 2 aromatic heterocycles. The molecule has 3 rings (SSSR count). The van der Waals surface area contributed by atoms with Crippen LogP contribution in [0.25, 0.3) is 10.8 Å². The fraction of sp³-hybridized carbons (Fsp3) is 0.417. The SMILES string of the molecule is O[C@@H]1COCC[C@H]1Nc1nnc(Cl)c2ccncc12. The lowest BCUT2D eigenvalue weighted by atomic mass is 10.1. The first-order valence-corrected chi connectivity index (χ1v) is 6.42. The number of pyridine rings is 1. The summed E-state index contributed by atoms with van der Waals surface area (Å²) in [6.45, 7) is 0.945. The normalized spacial score (nSPS) is 23.5. The smallest absolute Gasteiger partial charge is 0.159 e. The molecule has 100 valence electrons. The summed E-state index contributed by atoms with van der Waals surface area (Å²) in [6.07, 6.45) is 3.50. The molecule has 1 aliphatic heterocycles. The molecule has 0 bridgehead atoms. The second-order valence-corrected chi connectivity index (χ2v) is 4.80. The number of hydrogen-bond donors (Lipinski definition) is 2. The third-order valence-corrected chi connectivity index (χ3v) is 3.46. The van der Waals surface area contributed by atoms with Gasteiger partial charge in [-0.3, -0.25) is 4.98 Å². The number of nitrogens with zero attached hydrogens (tertiary/aromatic N) is 3. The van der Waals surface area contributed by atoms with Crippen molar-refractivity contribution in [3.05, 3.63) is 23.6 Å². The van der Waals surface area contributed by atoms with Crippen molar-refractivity contribution in [2.45, 2.75) is 18.6 Å². The Hall–Kier alpha value is -1.50. The van der Waals surface area contributed by atoms with Crippen LogP contribution >= 0.6 is 11.6 Å². The summed E-state index contributed by atoms with van der Waals surface area (Å²) in [6, 6.07) is 1.69. The minimum atomic E-state index is -0.557. The van der Waals surface area contributed by atoms with Gasteiger partial charge in [-0.1, -0.05) is 11.6 Å². The lowest BCUT2D eigenvalue weighted by Crippen LogP contribution is -2.42. The molecule has 19 heavy (non-hydrogen) atoms. The molecule has 0 unspecified atom stereocenters. The molecule has 3 heterocycles. The quantitative estimate of drug-likeness (QED) is 0.861. The van der Waals surface area contributed by atoms with E-state index in [1.54, 1.807) is 18.5 Å². The Balaban J connectivity index is 1.94. The van der Waals surface area contributed by atoms with Crippen molar-refractivity contribution >= 4 is 28.2 Å². The number of aliphatic hydroxyl groups excluding tert-OH is 1. The van der Waals surface area contributed by atoms with E-state index in [1.807, 2.05) is 0 Å². The topological polar surface area (TPSA) is 80.2 Å². The number of aliphatic hydroxyl groups is 1. The van der Waals surface area contributed by atoms with Gasteiger partial charge >= 0.3 is 0 Å². The zero-order chi connectivity index (χ0) is 13.2. The predicted molar refractivity (Wildman–Crippen MR) is 71.2 cm³/mol. The Bertz CT molecular complexity index is 595. The van der Waals surface area contributed by atoms with Crippen LogP contribution in [0.3, 0.4) is 0 Å². The number of nitrogens with one attached hydrogen (secondary N) is 1. The highest BCUT2D eigenvalue weighted by molar-refractivity contribution is 6.34. The molecular formula is C12H13ClN4O2. The van der Waals surface area contributed by atoms with Crippen molar-refractivity contribution in [1.82, 2.24) is 15.2 Å². The molecule has 1 saturated heterocycles. The summed E-state index contributed by atoms with van der Waals surface area (Å²) in [5.41, 5.74) is 0. The maximum atomic E-state index is 9.88. The highest BCUT2D eigenvalue weighted by Crippen LogP contribution is 2.26. The highest BCUT2D eigenvalue weighted by Gasteiger charge is 2.24. The van der Waals surface area contributed by atoms with Gasteiger partial charge in [-0.15, -0.1) is 10.2 Å². The number of aromatic nitrogens is 3. The lowest BCUT2D eigenvalue weighted by Gasteiger charge is -2.28. The molecule has 7 heteroatoms. The molecule has 6 nitrogen and oxygen atoms in total. The molecule has 0 amide bonds. The van der Waals surface area contributed by atoms with Gasteiger partial charge < -0.3 is 15.2 Å². The minimum Gasteiger partial charge on any atom is -0.389 e. The van der Waals surface area contributed by atoms with Crippen LogP contribution in [0.5, 0.6) is 0 Å². The Morgan fingerprint density at radius 2 is 2.26 bits per heavy atom. The Morgan fingerprint density at radius 3 is 3.11 bits per heavy atom. The average Bonchev–Trinajstić information content (AvgIpc) is 2.44. The van der Waals surface area contributed by atoms with E-state index in [1.165, 1.54) is 0 Å². The maximum absolute atomic E-state index is 9.88. The van der Waals surface area contributed by atoms with E-state index in [9.17, 15) is 5.11 Å². The van der Waals surface area contributed by atoms with E-state index in [4.69, 9.17) is 16.3 Å². The minimum absolute atomic E-state index is 0.104. The third kappa shape index (κ3) is 2.47. The standard InChI is InChI=1S/C12H13ClN4O2/c13-11-7-1-3-14-5-8(7)12(17-16-11)15-9-2-4-19-6-10(9)18/h1,3,5,9-10,18H,2,4,6H2,(H,15,17)/t9-,10-/m1/s1. The molecule has 2 N–H and O–H groups in total. The van der Waals surface area contributed by atoms with Crippen LogP contribution in [0.4, 0.5) is 5.82 Å². The van der Waals surface area contributed by atoms with Crippen molar-refractivity contribution in [1.29, 1.82) is 0 Å². The molecule has 0 aromatic carbocycles. The van der Waals surface area contributed by atoms with E-state index in [0.29, 0.717) is 30.6 Å². The Labute approximate surface area is 114 Å². The van der Waals surface area contributed by atoms with Crippen molar-refractivity contribution in [2.75, 3.05) is 18.5 Å². The lowest BCUT2D eigenvalue weighted by molar-refractivity contribution is -0.0135. The number of rotatable bonds is 2. The van der Waals surface area contributed by atoms with Gasteiger partial charge in [-0.25, -0.2) is 0 Å². The van der Waals surface area contributed by atoms with Crippen LogP contribution in [0.2, 0.25) is 5.15 Å². The molecule has 1 aliphatic rings. The third-order valence-electron chi connectivity index (χ3n) is 3.18. The first-order valence-electron chi connectivity index (χ1n) is 6.04. The average molecular weight is 281 g/mol. The number of fused-ring (bicyclic) bond motifs is 1. The second-order valence-electron chi connectivity index (χ2n) is 4.44. The van der Waals surface area contributed by atoms with Gasteiger partial charge in [0.15, 0.2) is 11.0 Å². The van der Waals surface area contributed by atoms with Crippen LogP contribution < -0.4 is 5.32 Å². The van der Waals surface area contributed by atoms with Gasteiger partial charge in [0.2, 0.25) is 0 Å². The fourth-order valence-corrected chi connectivity index (χ4v) is 2.34. The largest absolute Gasteiger partial charge is 0.389 e. The molecular weight excluding hydrogens is 268 g/mol. The summed E-state index contributed by atoms with van der Waals surface area (Å²) >= 11 is 6.00. The van der Waals surface area contributed by atoms with Crippen molar-refractivity contribution in [2.24, 2.45) is 0 Å². The summed E-state index contributed by atoms with van der Waals surface area (Å²) < 4.78 is 5.20. The van der Waals surface area contributed by atoms with E-state index < -0.39 is 6.10 Å².